The minimum Gasteiger partial charge on any atom is -0.481 e. The molecule has 3 rings (SSSR count). The van der Waals surface area contributed by atoms with E-state index in [9.17, 15) is 19.5 Å². The van der Waals surface area contributed by atoms with Gasteiger partial charge in [0.2, 0.25) is 5.91 Å². The number of carboxylic acid groups (broad SMARTS) is 1. The van der Waals surface area contributed by atoms with Gasteiger partial charge in [-0.3, -0.25) is 14.4 Å². The van der Waals surface area contributed by atoms with Gasteiger partial charge < -0.3 is 15.7 Å². The number of nitrogens with one attached hydrogen (secondary N) is 2. The highest BCUT2D eigenvalue weighted by molar-refractivity contribution is 5.98. The Hall–Kier alpha value is -2.63. The minimum atomic E-state index is -0.949. The summed E-state index contributed by atoms with van der Waals surface area (Å²) in [6, 6.07) is 5.42. The summed E-state index contributed by atoms with van der Waals surface area (Å²) in [4.78, 5) is 36.4. The van der Waals surface area contributed by atoms with E-state index >= 15 is 0 Å². The summed E-state index contributed by atoms with van der Waals surface area (Å²) >= 11 is 0. The quantitative estimate of drug-likeness (QED) is 0.693. The fourth-order valence-corrected chi connectivity index (χ4v) is 3.89. The lowest BCUT2D eigenvalue weighted by atomic mass is 9.82. The van der Waals surface area contributed by atoms with Crippen molar-refractivity contribution in [2.45, 2.75) is 51.5 Å². The van der Waals surface area contributed by atoms with Crippen molar-refractivity contribution in [1.82, 2.24) is 5.32 Å². The maximum Gasteiger partial charge on any atom is 0.307 e. The van der Waals surface area contributed by atoms with Crippen molar-refractivity contribution >= 4 is 23.5 Å². The van der Waals surface area contributed by atoms with Crippen molar-refractivity contribution in [3.63, 3.8) is 0 Å². The minimum absolute atomic E-state index is 0.0914. The molecular formula is C21H26N2O4. The van der Waals surface area contributed by atoms with E-state index < -0.39 is 17.8 Å². The Kier molecular flexibility index (Phi) is 5.94. The number of allylic oxidation sites excluding steroid dienone is 2. The Labute approximate surface area is 159 Å². The molecule has 144 valence electrons. The van der Waals surface area contributed by atoms with Gasteiger partial charge in [-0.15, -0.1) is 0 Å². The maximum atomic E-state index is 12.6. The van der Waals surface area contributed by atoms with E-state index in [4.69, 9.17) is 0 Å². The molecule has 0 radical (unpaired) electrons. The Morgan fingerprint density at radius 3 is 2.33 bits per heavy atom. The molecule has 0 aliphatic heterocycles. The molecule has 1 fully saturated rings. The van der Waals surface area contributed by atoms with Crippen molar-refractivity contribution in [3.8, 4) is 0 Å². The molecule has 6 heteroatoms. The van der Waals surface area contributed by atoms with Gasteiger partial charge >= 0.3 is 5.97 Å². The molecule has 0 heterocycles. The van der Waals surface area contributed by atoms with E-state index in [1.807, 2.05) is 19.1 Å². The largest absolute Gasteiger partial charge is 0.481 e. The summed E-state index contributed by atoms with van der Waals surface area (Å²) in [5, 5.41) is 15.2. The van der Waals surface area contributed by atoms with Gasteiger partial charge in [0.25, 0.3) is 5.91 Å². The molecule has 6 nitrogen and oxygen atoms in total. The van der Waals surface area contributed by atoms with Crippen LogP contribution in [0.2, 0.25) is 0 Å². The van der Waals surface area contributed by atoms with Gasteiger partial charge in [0, 0.05) is 17.3 Å². The zero-order chi connectivity index (χ0) is 19.4. The molecule has 0 spiro atoms. The van der Waals surface area contributed by atoms with Gasteiger partial charge in [0.15, 0.2) is 0 Å². The number of hydrogen-bond donors (Lipinski definition) is 3. The van der Waals surface area contributed by atoms with Crippen molar-refractivity contribution in [2.24, 2.45) is 11.8 Å². The molecule has 0 bridgehead atoms. The zero-order valence-electron chi connectivity index (χ0n) is 15.5. The number of benzene rings is 1. The first-order valence-electron chi connectivity index (χ1n) is 9.56. The number of hydrogen-bond acceptors (Lipinski definition) is 3. The molecule has 1 saturated carbocycles. The molecule has 2 amide bonds. The second-order valence-electron chi connectivity index (χ2n) is 7.47. The third kappa shape index (κ3) is 4.56. The van der Waals surface area contributed by atoms with E-state index in [1.165, 1.54) is 0 Å². The molecule has 1 aromatic carbocycles. The van der Waals surface area contributed by atoms with E-state index in [-0.39, 0.29) is 17.9 Å². The summed E-state index contributed by atoms with van der Waals surface area (Å²) in [6.45, 7) is 1.83. The van der Waals surface area contributed by atoms with Crippen LogP contribution in [-0.2, 0) is 9.59 Å². The molecule has 1 aromatic rings. The van der Waals surface area contributed by atoms with Crippen molar-refractivity contribution < 1.29 is 19.5 Å². The van der Waals surface area contributed by atoms with Crippen molar-refractivity contribution in [2.75, 3.05) is 5.32 Å². The molecule has 3 N–H and O–H groups in total. The number of aliphatic carboxylic acids is 1. The van der Waals surface area contributed by atoms with Crippen LogP contribution in [0.15, 0.2) is 30.4 Å². The van der Waals surface area contributed by atoms with Crippen molar-refractivity contribution in [1.29, 1.82) is 0 Å². The monoisotopic (exact) mass is 370 g/mol. The summed E-state index contributed by atoms with van der Waals surface area (Å²) in [7, 11) is 0. The Morgan fingerprint density at radius 2 is 1.70 bits per heavy atom. The van der Waals surface area contributed by atoms with Crippen LogP contribution in [0.1, 0.15) is 54.4 Å². The standard InChI is InChI=1S/C21H26N2O4/c1-13-12-14(19(24)22-15-6-2-3-7-15)10-11-18(13)23-20(25)16-8-4-5-9-17(16)21(26)27/h4-5,10-12,15-17H,2-3,6-9H2,1H3,(H,22,24)(H,23,25)(H,26,27)/t16-,17+/m0/s1. The molecule has 27 heavy (non-hydrogen) atoms. The number of anilines is 1. The number of amides is 2. The molecular weight excluding hydrogens is 344 g/mol. The first-order chi connectivity index (χ1) is 13.0. The van der Waals surface area contributed by atoms with Crippen LogP contribution in [0.25, 0.3) is 0 Å². The zero-order valence-corrected chi connectivity index (χ0v) is 15.5. The number of aryl methyl sites for hydroxylation is 1. The summed E-state index contributed by atoms with van der Waals surface area (Å²) in [6.07, 6.45) is 8.82. The third-order valence-electron chi connectivity index (χ3n) is 5.52. The molecule has 0 saturated heterocycles. The number of carbonyl (C=O) groups excluding carboxylic acids is 2. The van der Waals surface area contributed by atoms with Crippen molar-refractivity contribution in [3.05, 3.63) is 41.5 Å². The van der Waals surface area contributed by atoms with Gasteiger partial charge in [-0.2, -0.15) is 0 Å². The molecule has 2 aliphatic rings. The Balaban J connectivity index is 1.66. The second-order valence-corrected chi connectivity index (χ2v) is 7.47. The topological polar surface area (TPSA) is 95.5 Å². The highest BCUT2D eigenvalue weighted by Crippen LogP contribution is 2.28. The number of rotatable bonds is 5. The molecule has 0 aromatic heterocycles. The Bertz CT molecular complexity index is 765. The van der Waals surface area contributed by atoms with Crippen LogP contribution in [0, 0.1) is 18.8 Å². The van der Waals surface area contributed by atoms with E-state index in [1.54, 1.807) is 18.2 Å². The first-order valence-corrected chi connectivity index (χ1v) is 9.56. The highest BCUT2D eigenvalue weighted by Gasteiger charge is 2.34. The highest BCUT2D eigenvalue weighted by atomic mass is 16.4. The maximum absolute atomic E-state index is 12.6. The smallest absolute Gasteiger partial charge is 0.307 e. The predicted octanol–water partition coefficient (Wildman–Crippen LogP) is 3.27. The lowest BCUT2D eigenvalue weighted by molar-refractivity contribution is -0.146. The van der Waals surface area contributed by atoms with Crippen LogP contribution < -0.4 is 10.6 Å². The van der Waals surface area contributed by atoms with Gasteiger partial charge in [0.1, 0.15) is 0 Å². The lowest BCUT2D eigenvalue weighted by Gasteiger charge is -2.24. The molecule has 0 unspecified atom stereocenters. The van der Waals surface area contributed by atoms with Crippen LogP contribution in [0.3, 0.4) is 0 Å². The van der Waals surface area contributed by atoms with Crippen LogP contribution in [0.4, 0.5) is 5.69 Å². The van der Waals surface area contributed by atoms with E-state index in [2.05, 4.69) is 10.6 Å². The first kappa shape index (κ1) is 19.1. The fraction of sp³-hybridized carbons (Fsp3) is 0.476. The van der Waals surface area contributed by atoms with Gasteiger partial charge in [0.05, 0.1) is 11.8 Å². The van der Waals surface area contributed by atoms with Crippen LogP contribution in [-0.4, -0.2) is 28.9 Å². The van der Waals surface area contributed by atoms with Crippen LogP contribution >= 0.6 is 0 Å². The van der Waals surface area contributed by atoms with Crippen LogP contribution in [0.5, 0.6) is 0 Å². The number of carboxylic acids is 1. The number of carbonyl (C=O) groups is 3. The summed E-state index contributed by atoms with van der Waals surface area (Å²) in [5.74, 6) is -2.62. The fourth-order valence-electron chi connectivity index (χ4n) is 3.89. The lowest BCUT2D eigenvalue weighted by Crippen LogP contribution is -2.35. The predicted molar refractivity (Wildman–Crippen MR) is 103 cm³/mol. The Morgan fingerprint density at radius 1 is 1.04 bits per heavy atom. The average molecular weight is 370 g/mol. The van der Waals surface area contributed by atoms with Gasteiger partial charge in [-0.1, -0.05) is 25.0 Å². The summed E-state index contributed by atoms with van der Waals surface area (Å²) < 4.78 is 0. The van der Waals surface area contributed by atoms with E-state index in [0.29, 0.717) is 24.1 Å². The van der Waals surface area contributed by atoms with Gasteiger partial charge in [-0.25, -0.2) is 0 Å². The SMILES string of the molecule is Cc1cc(C(=O)NC2CCCC2)ccc1NC(=O)[C@H]1CC=CC[C@H]1C(=O)O. The molecule has 2 atom stereocenters. The molecule has 2 aliphatic carbocycles. The van der Waals surface area contributed by atoms with E-state index in [0.717, 1.165) is 31.2 Å². The third-order valence-corrected chi connectivity index (χ3v) is 5.52. The van der Waals surface area contributed by atoms with Gasteiger partial charge in [-0.05, 0) is 56.4 Å². The normalized spacial score (nSPS) is 22.4. The summed E-state index contributed by atoms with van der Waals surface area (Å²) in [5.41, 5.74) is 1.96. The second kappa shape index (κ2) is 8.37. The average Bonchev–Trinajstić information content (AvgIpc) is 3.16.